The smallest absolute Gasteiger partial charge is 0.357 e. The van der Waals surface area contributed by atoms with Crippen molar-refractivity contribution in [1.82, 2.24) is 44.9 Å². The Labute approximate surface area is 242 Å². The molecule has 0 atom stereocenters. The first-order chi connectivity index (χ1) is 19.8. The van der Waals surface area contributed by atoms with Crippen molar-refractivity contribution in [2.24, 2.45) is 0 Å². The van der Waals surface area contributed by atoms with E-state index in [1.54, 1.807) is 6.20 Å². The number of fused-ring (bicyclic) bond motifs is 20. The number of pyridine rings is 1. The summed E-state index contributed by atoms with van der Waals surface area (Å²) in [6.45, 7) is 0. The molecule has 195 valence electrons. The van der Waals surface area contributed by atoms with Gasteiger partial charge in [0.05, 0.1) is 28.8 Å². The van der Waals surface area contributed by atoms with E-state index in [-0.39, 0.29) is 17.1 Å². The summed E-state index contributed by atoms with van der Waals surface area (Å²) in [6.07, 6.45) is 1.73. The Morgan fingerprint density at radius 2 is 0.780 bits per heavy atom. The summed E-state index contributed by atoms with van der Waals surface area (Å²) in [5, 5.41) is 2.55. The molecule has 1 radical (unpaired) electrons. The van der Waals surface area contributed by atoms with Crippen LogP contribution in [0.1, 0.15) is 0 Å². The minimum atomic E-state index is 0. The minimum absolute atomic E-state index is 0. The van der Waals surface area contributed by atoms with Crippen LogP contribution in [0.5, 0.6) is 0 Å². The molecule has 41 heavy (non-hydrogen) atoms. The van der Waals surface area contributed by atoms with E-state index in [9.17, 15) is 0 Å². The summed E-state index contributed by atoms with van der Waals surface area (Å²) in [7, 11) is 0. The normalized spacial score (nSPS) is 11.7. The number of hydrogen-bond acceptors (Lipinski definition) is 7. The van der Waals surface area contributed by atoms with Crippen LogP contribution >= 0.6 is 0 Å². The van der Waals surface area contributed by atoms with Crippen molar-refractivity contribution in [2.75, 3.05) is 0 Å². The van der Waals surface area contributed by atoms with E-state index in [1.807, 2.05) is 84.9 Å². The number of benzene rings is 3. The third-order valence-electron chi connectivity index (χ3n) is 7.18. The van der Waals surface area contributed by atoms with Crippen LogP contribution in [0.2, 0.25) is 0 Å². The molecule has 10 heteroatoms. The first-order valence-electron chi connectivity index (χ1n) is 12.7. The fourth-order valence-corrected chi connectivity index (χ4v) is 5.33. The van der Waals surface area contributed by atoms with E-state index in [2.05, 4.69) is 4.98 Å². The third-order valence-corrected chi connectivity index (χ3v) is 7.18. The molecule has 8 bridgehead atoms. The first-order valence-corrected chi connectivity index (χ1v) is 12.7. The van der Waals surface area contributed by atoms with Crippen LogP contribution in [0.25, 0.3) is 89.8 Å². The quantitative estimate of drug-likeness (QED) is 0.215. The second-order valence-electron chi connectivity index (χ2n) is 9.52. The first kappa shape index (κ1) is 23.6. The van der Waals surface area contributed by atoms with Gasteiger partial charge in [0.1, 0.15) is 0 Å². The summed E-state index contributed by atoms with van der Waals surface area (Å²) in [6, 6.07) is 27.5. The molecule has 0 saturated carbocycles. The van der Waals surface area contributed by atoms with E-state index in [0.717, 1.165) is 38.4 Å². The molecule has 0 spiro atoms. The van der Waals surface area contributed by atoms with Gasteiger partial charge in [-0.15, -0.1) is 0 Å². The molecular weight excluding hydrogens is 562 g/mol. The Kier molecular flexibility index (Phi) is 5.09. The summed E-state index contributed by atoms with van der Waals surface area (Å²) in [5.41, 5.74) is 6.14. The van der Waals surface area contributed by atoms with Crippen LogP contribution in [0.15, 0.2) is 91.1 Å². The molecule has 0 unspecified atom stereocenters. The minimum Gasteiger partial charge on any atom is -0.357 e. The second-order valence-corrected chi connectivity index (χ2v) is 9.52. The second kappa shape index (κ2) is 8.85. The average Bonchev–Trinajstić information content (AvgIpc) is 3.73. The van der Waals surface area contributed by atoms with Gasteiger partial charge < -0.3 is 29.9 Å². The molecular formula is C31H15CuN9. The molecule has 0 amide bonds. The van der Waals surface area contributed by atoms with E-state index in [0.29, 0.717) is 51.4 Å². The molecule has 0 fully saturated rings. The molecule has 7 aromatic rings. The van der Waals surface area contributed by atoms with E-state index in [1.165, 1.54) is 0 Å². The van der Waals surface area contributed by atoms with Gasteiger partial charge in [-0.1, -0.05) is 78.9 Å². The summed E-state index contributed by atoms with van der Waals surface area (Å²) in [5.74, 6) is 2.10. The largest absolute Gasteiger partial charge is 2.00 e. The SMILES string of the molecule is [Cu+2].c1ccc2c(c1)-c1nc-2nc2[n-]c(nc3nc(nc4[n-]c(n1)c1ccccc41)-c1ccccc1-3)c1ncccc21. The molecule has 6 heterocycles. The van der Waals surface area contributed by atoms with Gasteiger partial charge in [0.2, 0.25) is 0 Å². The van der Waals surface area contributed by atoms with E-state index in [4.69, 9.17) is 39.9 Å². The molecule has 0 N–H and O–H groups in total. The fraction of sp³-hybridized carbons (Fsp3) is 0. The zero-order valence-electron chi connectivity index (χ0n) is 21.0. The Bertz CT molecular complexity index is 2040. The monoisotopic (exact) mass is 576 g/mol. The van der Waals surface area contributed by atoms with Crippen molar-refractivity contribution in [2.45, 2.75) is 0 Å². The third kappa shape index (κ3) is 3.52. The molecule has 0 aliphatic carbocycles. The maximum Gasteiger partial charge on any atom is 2.00 e. The molecule has 4 aromatic heterocycles. The van der Waals surface area contributed by atoms with E-state index >= 15 is 0 Å². The predicted octanol–water partition coefficient (Wildman–Crippen LogP) is 5.52. The van der Waals surface area contributed by atoms with Crippen molar-refractivity contribution in [3.05, 3.63) is 91.1 Å². The maximum absolute atomic E-state index is 4.94. The van der Waals surface area contributed by atoms with Crippen LogP contribution in [0, 0.1) is 0 Å². The van der Waals surface area contributed by atoms with E-state index < -0.39 is 0 Å². The van der Waals surface area contributed by atoms with Gasteiger partial charge in [-0.25, -0.2) is 9.97 Å². The van der Waals surface area contributed by atoms with Crippen molar-refractivity contribution in [1.29, 1.82) is 0 Å². The zero-order valence-corrected chi connectivity index (χ0v) is 21.9. The Morgan fingerprint density at radius 1 is 0.390 bits per heavy atom. The van der Waals surface area contributed by atoms with Crippen molar-refractivity contribution < 1.29 is 17.1 Å². The fourth-order valence-electron chi connectivity index (χ4n) is 5.33. The Morgan fingerprint density at radius 3 is 1.29 bits per heavy atom. The van der Waals surface area contributed by atoms with Gasteiger partial charge in [0.15, 0.2) is 0 Å². The summed E-state index contributed by atoms with van der Waals surface area (Å²) >= 11 is 0. The van der Waals surface area contributed by atoms with Gasteiger partial charge in [-0.3, -0.25) is 4.98 Å². The average molecular weight is 577 g/mol. The maximum atomic E-state index is 4.94. The number of rotatable bonds is 0. The topological polar surface area (TPSA) is 118 Å². The van der Waals surface area contributed by atoms with Crippen molar-refractivity contribution in [3.8, 4) is 45.6 Å². The van der Waals surface area contributed by atoms with Crippen molar-refractivity contribution >= 4 is 44.3 Å². The molecule has 9 nitrogen and oxygen atoms in total. The van der Waals surface area contributed by atoms with Crippen LogP contribution in [-0.4, -0.2) is 34.9 Å². The summed E-state index contributed by atoms with van der Waals surface area (Å²) < 4.78 is 0. The molecule has 3 aromatic carbocycles. The number of aromatic nitrogens is 9. The summed E-state index contributed by atoms with van der Waals surface area (Å²) in [4.78, 5) is 43.6. The van der Waals surface area contributed by atoms with Crippen LogP contribution in [0.4, 0.5) is 0 Å². The number of hydrogen-bond donors (Lipinski definition) is 0. The molecule has 2 aliphatic rings. The van der Waals surface area contributed by atoms with Gasteiger partial charge >= 0.3 is 17.1 Å². The Hall–Kier alpha value is -5.31. The zero-order chi connectivity index (χ0) is 26.2. The van der Waals surface area contributed by atoms with Crippen molar-refractivity contribution in [3.63, 3.8) is 0 Å². The Balaban J connectivity index is 0.00000256. The molecule has 9 rings (SSSR count). The van der Waals surface area contributed by atoms with Gasteiger partial charge in [0, 0.05) is 56.4 Å². The van der Waals surface area contributed by atoms with Crippen LogP contribution < -0.4 is 9.97 Å². The standard InChI is InChI=1S/C31H15N9.Cu/c1-2-9-17-16(8-1)24-33-25(17)35-27-20-12-5-6-13-21(20)29(37-27)39-31-23-22(14-7-15-32-23)30(40-31)38-28-19-11-4-3-10-18(19)26(34-24)36-28;/h1-15H;/q-2;+2. The van der Waals surface area contributed by atoms with Crippen LogP contribution in [0.3, 0.4) is 0 Å². The van der Waals surface area contributed by atoms with Crippen LogP contribution in [-0.2, 0) is 17.1 Å². The van der Waals surface area contributed by atoms with Gasteiger partial charge in [-0.05, 0) is 16.8 Å². The van der Waals surface area contributed by atoms with Gasteiger partial charge in [-0.2, -0.15) is 0 Å². The van der Waals surface area contributed by atoms with Gasteiger partial charge in [0.25, 0.3) is 0 Å². The molecule has 0 saturated heterocycles. The predicted molar refractivity (Wildman–Crippen MR) is 152 cm³/mol. The number of nitrogens with zero attached hydrogens (tertiary/aromatic N) is 9. The molecule has 2 aliphatic heterocycles.